The number of aryl methyl sites for hydroxylation is 1. The summed E-state index contributed by atoms with van der Waals surface area (Å²) in [6.45, 7) is 6.59. The van der Waals surface area contributed by atoms with E-state index in [4.69, 9.17) is 16.7 Å². The number of aromatic nitrogens is 5. The van der Waals surface area contributed by atoms with Crippen LogP contribution in [0.25, 0.3) is 27.8 Å². The number of benzene rings is 1. The second-order valence-corrected chi connectivity index (χ2v) is 9.15. The Morgan fingerprint density at radius 3 is 2.61 bits per heavy atom. The minimum Gasteiger partial charge on any atom is -0.310 e. The molecule has 0 radical (unpaired) electrons. The van der Waals surface area contributed by atoms with Gasteiger partial charge in [-0.2, -0.15) is 5.10 Å². The summed E-state index contributed by atoms with van der Waals surface area (Å²) < 4.78 is 3.64. The molecule has 1 fully saturated rings. The van der Waals surface area contributed by atoms with E-state index in [1.165, 1.54) is 6.42 Å². The highest BCUT2D eigenvalue weighted by Gasteiger charge is 2.29. The van der Waals surface area contributed by atoms with Crippen LogP contribution >= 0.6 is 11.6 Å². The first kappa shape index (κ1) is 20.2. The third-order valence-electron chi connectivity index (χ3n) is 6.97. The van der Waals surface area contributed by atoms with Gasteiger partial charge in [-0.15, -0.1) is 10.2 Å². The fraction of sp³-hybridized carbons (Fsp3) is 0.417. The van der Waals surface area contributed by atoms with Gasteiger partial charge in [0, 0.05) is 17.3 Å². The summed E-state index contributed by atoms with van der Waals surface area (Å²) in [5, 5.41) is 14.3. The number of nitrogens with zero attached hydrogens (tertiary/aromatic N) is 5. The average molecular weight is 436 g/mol. The van der Waals surface area contributed by atoms with Gasteiger partial charge in [-0.05, 0) is 48.4 Å². The molecule has 3 unspecified atom stereocenters. The van der Waals surface area contributed by atoms with Crippen molar-refractivity contribution in [1.29, 1.82) is 0 Å². The molecule has 0 bridgehead atoms. The summed E-state index contributed by atoms with van der Waals surface area (Å²) in [5.74, 6) is 1.06. The SMILES string of the molecule is CCc1nn2c(nnc3c(=O)n(C4CCCC(C)C4C)ccc32)c1-c1ccc(Cl)cc1. The van der Waals surface area contributed by atoms with Crippen LogP contribution in [0.2, 0.25) is 5.02 Å². The third-order valence-corrected chi connectivity index (χ3v) is 7.22. The van der Waals surface area contributed by atoms with Crippen LogP contribution < -0.4 is 5.56 Å². The molecule has 5 rings (SSSR count). The molecular weight excluding hydrogens is 410 g/mol. The lowest BCUT2D eigenvalue weighted by Crippen LogP contribution is -2.34. The van der Waals surface area contributed by atoms with Crippen LogP contribution in [0.3, 0.4) is 0 Å². The van der Waals surface area contributed by atoms with Gasteiger partial charge < -0.3 is 4.57 Å². The Morgan fingerprint density at radius 2 is 1.87 bits per heavy atom. The molecule has 1 aliphatic carbocycles. The molecule has 0 N–H and O–H groups in total. The monoisotopic (exact) mass is 435 g/mol. The molecule has 4 aromatic rings. The van der Waals surface area contributed by atoms with Crippen molar-refractivity contribution < 1.29 is 0 Å². The molecule has 0 aliphatic heterocycles. The molecule has 3 heterocycles. The zero-order valence-electron chi connectivity index (χ0n) is 18.0. The van der Waals surface area contributed by atoms with Gasteiger partial charge in [0.05, 0.1) is 11.3 Å². The van der Waals surface area contributed by atoms with Gasteiger partial charge in [0.1, 0.15) is 5.52 Å². The van der Waals surface area contributed by atoms with Crippen LogP contribution in [0.1, 0.15) is 51.8 Å². The standard InChI is InChI=1S/C24H26ClN5O/c1-4-18-21(16-8-10-17(25)11-9-16)23-27-26-22-20(30(23)28-18)12-13-29(24(22)31)19-7-5-6-14(2)15(19)3/h8-15,19H,4-7H2,1-3H3. The number of hydrogen-bond acceptors (Lipinski definition) is 4. The van der Waals surface area contributed by atoms with E-state index in [0.29, 0.717) is 33.5 Å². The van der Waals surface area contributed by atoms with Crippen LogP contribution in [0.15, 0.2) is 41.3 Å². The zero-order valence-corrected chi connectivity index (χ0v) is 18.8. The van der Waals surface area contributed by atoms with Crippen molar-refractivity contribution in [1.82, 2.24) is 24.4 Å². The lowest BCUT2D eigenvalue weighted by molar-refractivity contribution is 0.183. The van der Waals surface area contributed by atoms with Crippen molar-refractivity contribution in [2.75, 3.05) is 0 Å². The number of pyridine rings is 1. The van der Waals surface area contributed by atoms with E-state index in [9.17, 15) is 4.79 Å². The second-order valence-electron chi connectivity index (χ2n) is 8.71. The van der Waals surface area contributed by atoms with E-state index < -0.39 is 0 Å². The highest BCUT2D eigenvalue weighted by atomic mass is 35.5. The maximum atomic E-state index is 13.4. The fourth-order valence-electron chi connectivity index (χ4n) is 4.97. The third kappa shape index (κ3) is 3.24. The highest BCUT2D eigenvalue weighted by Crippen LogP contribution is 2.37. The number of hydrogen-bond donors (Lipinski definition) is 0. The maximum absolute atomic E-state index is 13.4. The summed E-state index contributed by atoms with van der Waals surface area (Å²) in [6.07, 6.45) is 6.06. The van der Waals surface area contributed by atoms with Crippen LogP contribution in [0.5, 0.6) is 0 Å². The van der Waals surface area contributed by atoms with Crippen LogP contribution in [-0.2, 0) is 6.42 Å². The topological polar surface area (TPSA) is 65.1 Å². The molecule has 0 saturated heterocycles. The Hall–Kier alpha value is -2.73. The van der Waals surface area contributed by atoms with Gasteiger partial charge in [-0.3, -0.25) is 4.79 Å². The Kier molecular flexibility index (Phi) is 5.05. The highest BCUT2D eigenvalue weighted by molar-refractivity contribution is 6.30. The van der Waals surface area contributed by atoms with Crippen molar-refractivity contribution >= 4 is 28.3 Å². The summed E-state index contributed by atoms with van der Waals surface area (Å²) in [7, 11) is 0. The van der Waals surface area contributed by atoms with Crippen molar-refractivity contribution in [3.8, 4) is 11.1 Å². The molecule has 0 amide bonds. The lowest BCUT2D eigenvalue weighted by Gasteiger charge is -2.35. The van der Waals surface area contributed by atoms with Crippen LogP contribution in [0.4, 0.5) is 0 Å². The second kappa shape index (κ2) is 7.75. The quantitative estimate of drug-likeness (QED) is 0.437. The van der Waals surface area contributed by atoms with Gasteiger partial charge in [-0.1, -0.05) is 57.3 Å². The van der Waals surface area contributed by atoms with Crippen LogP contribution in [0, 0.1) is 11.8 Å². The van der Waals surface area contributed by atoms with Gasteiger partial charge in [-0.25, -0.2) is 4.52 Å². The molecule has 31 heavy (non-hydrogen) atoms. The molecule has 7 heteroatoms. The molecular formula is C24H26ClN5O. The van der Waals surface area contributed by atoms with E-state index in [1.807, 2.05) is 41.1 Å². The largest absolute Gasteiger partial charge is 0.310 e. The molecule has 1 saturated carbocycles. The van der Waals surface area contributed by atoms with Gasteiger partial charge in [0.15, 0.2) is 11.2 Å². The van der Waals surface area contributed by atoms with E-state index in [-0.39, 0.29) is 11.6 Å². The average Bonchev–Trinajstić information content (AvgIpc) is 3.16. The van der Waals surface area contributed by atoms with E-state index >= 15 is 0 Å². The summed E-state index contributed by atoms with van der Waals surface area (Å²) >= 11 is 6.07. The summed E-state index contributed by atoms with van der Waals surface area (Å²) in [4.78, 5) is 13.4. The first-order valence-electron chi connectivity index (χ1n) is 11.0. The van der Waals surface area contributed by atoms with Gasteiger partial charge in [0.2, 0.25) is 0 Å². The van der Waals surface area contributed by atoms with Crippen molar-refractivity contribution in [2.24, 2.45) is 11.8 Å². The molecule has 3 aromatic heterocycles. The molecule has 6 nitrogen and oxygen atoms in total. The predicted molar refractivity (Wildman–Crippen MR) is 124 cm³/mol. The molecule has 160 valence electrons. The first-order chi connectivity index (χ1) is 15.0. The van der Waals surface area contributed by atoms with Crippen molar-refractivity contribution in [3.05, 3.63) is 57.6 Å². The Balaban J connectivity index is 1.70. The predicted octanol–water partition coefficient (Wildman–Crippen LogP) is 5.32. The summed E-state index contributed by atoms with van der Waals surface area (Å²) in [5.41, 5.74) is 4.48. The maximum Gasteiger partial charge on any atom is 0.280 e. The molecule has 1 aromatic carbocycles. The van der Waals surface area contributed by atoms with Crippen molar-refractivity contribution in [2.45, 2.75) is 52.5 Å². The Labute approximate surface area is 185 Å². The van der Waals surface area contributed by atoms with E-state index in [2.05, 4.69) is 31.0 Å². The molecule has 1 aliphatic rings. The van der Waals surface area contributed by atoms with Crippen molar-refractivity contribution in [3.63, 3.8) is 0 Å². The van der Waals surface area contributed by atoms with Crippen LogP contribution in [-0.4, -0.2) is 24.4 Å². The number of halogens is 1. The van der Waals surface area contributed by atoms with Gasteiger partial charge >= 0.3 is 0 Å². The fourth-order valence-corrected chi connectivity index (χ4v) is 5.10. The van der Waals surface area contributed by atoms with E-state index in [0.717, 1.165) is 36.1 Å². The molecule has 3 atom stereocenters. The number of rotatable bonds is 3. The Bertz CT molecular complexity index is 1320. The zero-order chi connectivity index (χ0) is 21.7. The minimum atomic E-state index is -0.0839. The minimum absolute atomic E-state index is 0.0839. The summed E-state index contributed by atoms with van der Waals surface area (Å²) in [6, 6.07) is 9.81. The normalized spacial score (nSPS) is 21.7. The van der Waals surface area contributed by atoms with E-state index in [1.54, 1.807) is 4.52 Å². The molecule has 0 spiro atoms. The number of fused-ring (bicyclic) bond motifs is 3. The first-order valence-corrected chi connectivity index (χ1v) is 11.4. The smallest absolute Gasteiger partial charge is 0.280 e. The lowest BCUT2D eigenvalue weighted by atomic mass is 9.78. The Morgan fingerprint density at radius 1 is 1.10 bits per heavy atom. The van der Waals surface area contributed by atoms with Gasteiger partial charge in [0.25, 0.3) is 5.56 Å².